The summed E-state index contributed by atoms with van der Waals surface area (Å²) in [5.74, 6) is 0.369. The van der Waals surface area contributed by atoms with Crippen LogP contribution in [0.3, 0.4) is 0 Å². The lowest BCUT2D eigenvalue weighted by atomic mass is 9.96. The lowest BCUT2D eigenvalue weighted by Crippen LogP contribution is -2.46. The summed E-state index contributed by atoms with van der Waals surface area (Å²) >= 11 is 0. The fourth-order valence-electron chi connectivity index (χ4n) is 4.33. The number of piperidine rings is 1. The Balaban J connectivity index is 1.34. The van der Waals surface area contributed by atoms with Crippen LogP contribution in [0, 0.1) is 0 Å². The van der Waals surface area contributed by atoms with Crippen LogP contribution in [0.4, 0.5) is 0 Å². The molecule has 124 valence electrons. The number of ether oxygens (including phenoxy) is 1. The van der Waals surface area contributed by atoms with Gasteiger partial charge in [-0.15, -0.1) is 0 Å². The summed E-state index contributed by atoms with van der Waals surface area (Å²) in [4.78, 5) is 16.5. The molecule has 1 unspecified atom stereocenters. The maximum Gasteiger partial charge on any atom is 0.222 e. The van der Waals surface area contributed by atoms with Crippen LogP contribution in [0.25, 0.3) is 0 Å². The second kappa shape index (κ2) is 6.62. The van der Waals surface area contributed by atoms with Crippen LogP contribution in [0.5, 0.6) is 0 Å². The van der Waals surface area contributed by atoms with Crippen LogP contribution < -0.4 is 0 Å². The fraction of sp³-hybridized carbons (Fsp3) is 0.632. The Kier molecular flexibility index (Phi) is 4.36. The lowest BCUT2D eigenvalue weighted by molar-refractivity contribution is -0.130. The number of hydrogen-bond acceptors (Lipinski definition) is 3. The third-order valence-corrected chi connectivity index (χ3v) is 5.62. The number of nitrogens with zero attached hydrogens (tertiary/aromatic N) is 2. The number of carbonyl (C=O) groups excluding carboxylic acids is 1. The van der Waals surface area contributed by atoms with Crippen LogP contribution in [-0.4, -0.2) is 54.5 Å². The molecular formula is C19H26N2O2. The molecule has 4 heteroatoms. The van der Waals surface area contributed by atoms with Crippen molar-refractivity contribution in [3.8, 4) is 0 Å². The van der Waals surface area contributed by atoms with E-state index in [1.54, 1.807) is 0 Å². The third-order valence-electron chi connectivity index (χ3n) is 5.62. The average Bonchev–Trinajstić information content (AvgIpc) is 3.02. The van der Waals surface area contributed by atoms with E-state index in [1.807, 2.05) is 0 Å². The van der Waals surface area contributed by atoms with Crippen LogP contribution in [0.1, 0.15) is 42.9 Å². The first-order valence-electron chi connectivity index (χ1n) is 9.02. The Morgan fingerprint density at radius 2 is 1.91 bits per heavy atom. The molecule has 1 amide bonds. The smallest absolute Gasteiger partial charge is 0.222 e. The van der Waals surface area contributed by atoms with Gasteiger partial charge in [0.15, 0.2) is 0 Å². The van der Waals surface area contributed by atoms with Crippen molar-refractivity contribution >= 4 is 5.91 Å². The summed E-state index contributed by atoms with van der Waals surface area (Å²) < 4.78 is 6.04. The zero-order valence-electron chi connectivity index (χ0n) is 13.7. The van der Waals surface area contributed by atoms with Gasteiger partial charge in [-0.05, 0) is 36.8 Å². The monoisotopic (exact) mass is 314 g/mol. The van der Waals surface area contributed by atoms with Crippen molar-refractivity contribution in [2.75, 3.05) is 32.8 Å². The molecule has 4 nitrogen and oxygen atoms in total. The zero-order valence-corrected chi connectivity index (χ0v) is 13.7. The Morgan fingerprint density at radius 1 is 1.09 bits per heavy atom. The van der Waals surface area contributed by atoms with Crippen molar-refractivity contribution < 1.29 is 9.53 Å². The largest absolute Gasteiger partial charge is 0.372 e. The quantitative estimate of drug-likeness (QED) is 0.859. The zero-order chi connectivity index (χ0) is 15.6. The molecule has 2 saturated heterocycles. The minimum Gasteiger partial charge on any atom is -0.372 e. The molecule has 0 saturated carbocycles. The van der Waals surface area contributed by atoms with Crippen molar-refractivity contribution in [3.63, 3.8) is 0 Å². The minimum absolute atomic E-state index is 0.213. The molecule has 1 aromatic carbocycles. The molecule has 1 atom stereocenters. The number of carbonyl (C=O) groups is 1. The second-order valence-electron chi connectivity index (χ2n) is 7.03. The van der Waals surface area contributed by atoms with Gasteiger partial charge in [0.1, 0.15) is 0 Å². The Hall–Kier alpha value is -1.39. The van der Waals surface area contributed by atoms with Crippen LogP contribution in [0.15, 0.2) is 24.3 Å². The van der Waals surface area contributed by atoms with Gasteiger partial charge in [0.2, 0.25) is 5.91 Å². The van der Waals surface area contributed by atoms with Gasteiger partial charge in [0, 0.05) is 38.6 Å². The number of likely N-dealkylation sites (tertiary alicyclic amines) is 2. The van der Waals surface area contributed by atoms with Crippen molar-refractivity contribution in [2.45, 2.75) is 44.2 Å². The lowest BCUT2D eigenvalue weighted by Gasteiger charge is -2.38. The molecule has 0 aromatic heterocycles. The van der Waals surface area contributed by atoms with E-state index < -0.39 is 0 Å². The average molecular weight is 314 g/mol. The molecule has 0 N–H and O–H groups in total. The number of fused-ring (bicyclic) bond motifs is 1. The van der Waals surface area contributed by atoms with E-state index in [9.17, 15) is 4.79 Å². The van der Waals surface area contributed by atoms with Crippen LogP contribution in [-0.2, 0) is 16.0 Å². The minimum atomic E-state index is 0.213. The molecule has 4 rings (SSSR count). The molecule has 3 heterocycles. The van der Waals surface area contributed by atoms with E-state index in [4.69, 9.17) is 4.74 Å². The first-order valence-corrected chi connectivity index (χ1v) is 9.02. The highest BCUT2D eigenvalue weighted by atomic mass is 16.5. The predicted octanol–water partition coefficient (Wildman–Crippen LogP) is 2.39. The maximum atomic E-state index is 11.9. The summed E-state index contributed by atoms with van der Waals surface area (Å²) in [7, 11) is 0. The predicted molar refractivity (Wildman–Crippen MR) is 89.2 cm³/mol. The van der Waals surface area contributed by atoms with Crippen molar-refractivity contribution in [1.29, 1.82) is 0 Å². The van der Waals surface area contributed by atoms with E-state index >= 15 is 0 Å². The van der Waals surface area contributed by atoms with Crippen molar-refractivity contribution in [3.05, 3.63) is 35.4 Å². The standard InChI is InChI=1S/C19H26N2O2/c22-19-6-3-10-21(19)16-7-11-20(12-8-16)14-18-17-5-2-1-4-15(17)9-13-23-18/h1-2,4-5,16,18H,3,6-14H2. The molecule has 3 aliphatic heterocycles. The number of amides is 1. The van der Waals surface area contributed by atoms with E-state index in [2.05, 4.69) is 34.1 Å². The van der Waals surface area contributed by atoms with Crippen LogP contribution >= 0.6 is 0 Å². The Morgan fingerprint density at radius 3 is 2.70 bits per heavy atom. The molecule has 2 fully saturated rings. The van der Waals surface area contributed by atoms with Crippen LogP contribution in [0.2, 0.25) is 0 Å². The maximum absolute atomic E-state index is 11.9. The molecular weight excluding hydrogens is 288 g/mol. The first kappa shape index (κ1) is 15.2. The Labute approximate surface area is 138 Å². The van der Waals surface area contributed by atoms with Gasteiger partial charge in [-0.3, -0.25) is 4.79 Å². The second-order valence-corrected chi connectivity index (χ2v) is 7.03. The molecule has 0 spiro atoms. The van der Waals surface area contributed by atoms with E-state index in [1.165, 1.54) is 11.1 Å². The van der Waals surface area contributed by atoms with Gasteiger partial charge in [-0.25, -0.2) is 0 Å². The third kappa shape index (κ3) is 3.15. The number of rotatable bonds is 3. The molecule has 1 aromatic rings. The Bertz CT molecular complexity index is 566. The summed E-state index contributed by atoms with van der Waals surface area (Å²) in [6.07, 6.45) is 5.27. The highest BCUT2D eigenvalue weighted by Crippen LogP contribution is 2.29. The summed E-state index contributed by atoms with van der Waals surface area (Å²) in [6, 6.07) is 9.16. The van der Waals surface area contributed by atoms with E-state index in [0.29, 0.717) is 11.9 Å². The fourth-order valence-corrected chi connectivity index (χ4v) is 4.33. The van der Waals surface area contributed by atoms with Gasteiger partial charge in [-0.2, -0.15) is 0 Å². The number of hydrogen-bond donors (Lipinski definition) is 0. The first-order chi connectivity index (χ1) is 11.3. The summed E-state index contributed by atoms with van der Waals surface area (Å²) in [5, 5.41) is 0. The van der Waals surface area contributed by atoms with Crippen molar-refractivity contribution in [2.24, 2.45) is 0 Å². The van der Waals surface area contributed by atoms with E-state index in [-0.39, 0.29) is 6.10 Å². The normalized spacial score (nSPS) is 26.5. The molecule has 3 aliphatic rings. The van der Waals surface area contributed by atoms with Gasteiger partial charge in [0.05, 0.1) is 12.7 Å². The summed E-state index contributed by atoms with van der Waals surface area (Å²) in [6.45, 7) is 4.95. The molecule has 23 heavy (non-hydrogen) atoms. The van der Waals surface area contributed by atoms with Gasteiger partial charge >= 0.3 is 0 Å². The topological polar surface area (TPSA) is 32.8 Å². The molecule has 0 bridgehead atoms. The highest BCUT2D eigenvalue weighted by Gasteiger charge is 2.32. The molecule has 0 radical (unpaired) electrons. The highest BCUT2D eigenvalue weighted by molar-refractivity contribution is 5.78. The SMILES string of the molecule is O=C1CCCN1C1CCN(CC2OCCc3ccccc32)CC1. The number of benzene rings is 1. The van der Waals surface area contributed by atoms with Gasteiger partial charge in [0.25, 0.3) is 0 Å². The molecule has 0 aliphatic carbocycles. The van der Waals surface area contributed by atoms with Crippen molar-refractivity contribution in [1.82, 2.24) is 9.80 Å². The van der Waals surface area contributed by atoms with E-state index in [0.717, 1.165) is 64.9 Å². The summed E-state index contributed by atoms with van der Waals surface area (Å²) in [5.41, 5.74) is 2.82. The van der Waals surface area contributed by atoms with Gasteiger partial charge < -0.3 is 14.5 Å². The van der Waals surface area contributed by atoms with Gasteiger partial charge in [-0.1, -0.05) is 24.3 Å².